The summed E-state index contributed by atoms with van der Waals surface area (Å²) in [6.07, 6.45) is -0.970. The number of carboxylic acid groups (broad SMARTS) is 1. The molecule has 0 unspecified atom stereocenters. The van der Waals surface area contributed by atoms with Crippen molar-refractivity contribution in [3.8, 4) is 0 Å². The van der Waals surface area contributed by atoms with Gasteiger partial charge in [-0.05, 0) is 36.7 Å². The highest BCUT2D eigenvalue weighted by molar-refractivity contribution is 9.10. The minimum Gasteiger partial charge on any atom is -0.465 e. The SMILES string of the molecule is CC(C)(C)N(C(=O)O)c1scnc1Br. The lowest BCUT2D eigenvalue weighted by atomic mass is 10.1. The van der Waals surface area contributed by atoms with Crippen LogP contribution in [-0.2, 0) is 0 Å². The predicted octanol–water partition coefficient (Wildman–Crippen LogP) is 3.19. The van der Waals surface area contributed by atoms with Gasteiger partial charge < -0.3 is 5.11 Å². The van der Waals surface area contributed by atoms with Gasteiger partial charge in [0.05, 0.1) is 5.51 Å². The van der Waals surface area contributed by atoms with Crippen molar-refractivity contribution in [2.45, 2.75) is 26.3 Å². The van der Waals surface area contributed by atoms with Gasteiger partial charge in [-0.25, -0.2) is 9.78 Å². The summed E-state index contributed by atoms with van der Waals surface area (Å²) in [6, 6.07) is 0. The lowest BCUT2D eigenvalue weighted by Gasteiger charge is -2.31. The third-order valence-corrected chi connectivity index (χ3v) is 3.22. The zero-order chi connectivity index (χ0) is 10.9. The molecule has 0 fully saturated rings. The molecule has 0 atom stereocenters. The van der Waals surface area contributed by atoms with Crippen molar-refractivity contribution in [3.05, 3.63) is 10.1 Å². The number of hydrogen-bond donors (Lipinski definition) is 1. The minimum absolute atomic E-state index is 0.471. The van der Waals surface area contributed by atoms with Crippen molar-refractivity contribution in [3.63, 3.8) is 0 Å². The molecule has 78 valence electrons. The summed E-state index contributed by atoms with van der Waals surface area (Å²) in [7, 11) is 0. The second kappa shape index (κ2) is 3.86. The molecule has 1 heterocycles. The Morgan fingerprint density at radius 3 is 2.50 bits per heavy atom. The number of carbonyl (C=O) groups is 1. The van der Waals surface area contributed by atoms with Crippen molar-refractivity contribution in [1.82, 2.24) is 4.98 Å². The standard InChI is InChI=1S/C8H11BrN2O2S/c1-8(2,3)11(7(12)13)6-5(9)10-4-14-6/h4H,1-3H3,(H,12,13). The van der Waals surface area contributed by atoms with Crippen LogP contribution in [0.3, 0.4) is 0 Å². The quantitative estimate of drug-likeness (QED) is 0.858. The Hall–Kier alpha value is -0.620. The van der Waals surface area contributed by atoms with E-state index in [0.29, 0.717) is 9.60 Å². The summed E-state index contributed by atoms with van der Waals surface area (Å²) in [6.45, 7) is 5.52. The number of halogens is 1. The van der Waals surface area contributed by atoms with Crippen LogP contribution < -0.4 is 4.90 Å². The van der Waals surface area contributed by atoms with Gasteiger partial charge >= 0.3 is 6.09 Å². The van der Waals surface area contributed by atoms with Gasteiger partial charge in [-0.1, -0.05) is 0 Å². The number of thiazole rings is 1. The molecule has 1 aromatic heterocycles. The Morgan fingerprint density at radius 2 is 2.21 bits per heavy atom. The average Bonchev–Trinajstić information content (AvgIpc) is 2.32. The summed E-state index contributed by atoms with van der Waals surface area (Å²) in [5.41, 5.74) is 1.14. The maximum Gasteiger partial charge on any atom is 0.413 e. The zero-order valence-electron chi connectivity index (χ0n) is 8.11. The van der Waals surface area contributed by atoms with Crippen LogP contribution in [0.25, 0.3) is 0 Å². The van der Waals surface area contributed by atoms with E-state index >= 15 is 0 Å². The molecule has 1 rings (SSSR count). The van der Waals surface area contributed by atoms with Gasteiger partial charge in [-0.2, -0.15) is 0 Å². The first-order chi connectivity index (χ1) is 6.34. The Labute approximate surface area is 94.7 Å². The van der Waals surface area contributed by atoms with Gasteiger partial charge in [-0.3, -0.25) is 4.90 Å². The summed E-state index contributed by atoms with van der Waals surface area (Å²) < 4.78 is 0.569. The van der Waals surface area contributed by atoms with Crippen LogP contribution in [-0.4, -0.2) is 21.7 Å². The van der Waals surface area contributed by atoms with Crippen molar-refractivity contribution >= 4 is 38.4 Å². The fourth-order valence-corrected chi connectivity index (χ4v) is 2.61. The molecule has 1 amide bonds. The molecular formula is C8H11BrN2O2S. The molecule has 0 aliphatic carbocycles. The van der Waals surface area contributed by atoms with Gasteiger partial charge in [0, 0.05) is 5.54 Å². The Bertz CT molecular complexity index is 345. The van der Waals surface area contributed by atoms with Gasteiger partial charge in [0.25, 0.3) is 0 Å². The van der Waals surface area contributed by atoms with Crippen molar-refractivity contribution in [2.24, 2.45) is 0 Å². The summed E-state index contributed by atoms with van der Waals surface area (Å²) >= 11 is 4.52. The third-order valence-electron chi connectivity index (χ3n) is 1.57. The van der Waals surface area contributed by atoms with Crippen molar-refractivity contribution in [1.29, 1.82) is 0 Å². The zero-order valence-corrected chi connectivity index (χ0v) is 10.5. The van der Waals surface area contributed by atoms with Gasteiger partial charge in [0.2, 0.25) is 0 Å². The Balaban J connectivity index is 3.14. The van der Waals surface area contributed by atoms with Gasteiger partial charge in [-0.15, -0.1) is 11.3 Å². The van der Waals surface area contributed by atoms with Crippen LogP contribution in [0.4, 0.5) is 9.80 Å². The molecule has 0 aliphatic heterocycles. The summed E-state index contributed by atoms with van der Waals surface area (Å²) in [5.74, 6) is 0. The predicted molar refractivity (Wildman–Crippen MR) is 60.1 cm³/mol. The topological polar surface area (TPSA) is 53.4 Å². The van der Waals surface area contributed by atoms with Crippen molar-refractivity contribution < 1.29 is 9.90 Å². The molecule has 0 saturated heterocycles. The highest BCUT2D eigenvalue weighted by Crippen LogP contribution is 2.34. The minimum atomic E-state index is -0.970. The Morgan fingerprint density at radius 1 is 1.64 bits per heavy atom. The van der Waals surface area contributed by atoms with E-state index in [1.54, 1.807) is 5.51 Å². The molecule has 0 aromatic carbocycles. The fourth-order valence-electron chi connectivity index (χ4n) is 1.05. The van der Waals surface area contributed by atoms with E-state index in [4.69, 9.17) is 5.11 Å². The molecular weight excluding hydrogens is 268 g/mol. The Kier molecular flexibility index (Phi) is 3.16. The largest absolute Gasteiger partial charge is 0.465 e. The molecule has 0 bridgehead atoms. The number of amides is 1. The highest BCUT2D eigenvalue weighted by Gasteiger charge is 2.30. The first-order valence-electron chi connectivity index (χ1n) is 3.96. The van der Waals surface area contributed by atoms with Crippen LogP contribution in [0.2, 0.25) is 0 Å². The lowest BCUT2D eigenvalue weighted by molar-refractivity contribution is 0.196. The van der Waals surface area contributed by atoms with E-state index in [9.17, 15) is 4.79 Å². The first kappa shape index (κ1) is 11.5. The molecule has 0 saturated carbocycles. The molecule has 0 aliphatic rings. The fraction of sp³-hybridized carbons (Fsp3) is 0.500. The first-order valence-corrected chi connectivity index (χ1v) is 5.63. The van der Waals surface area contributed by atoms with Crippen LogP contribution in [0.15, 0.2) is 10.1 Å². The van der Waals surface area contributed by atoms with Crippen LogP contribution in [0, 0.1) is 0 Å². The maximum absolute atomic E-state index is 11.1. The summed E-state index contributed by atoms with van der Waals surface area (Å²) in [4.78, 5) is 16.3. The smallest absolute Gasteiger partial charge is 0.413 e. The van der Waals surface area contributed by atoms with E-state index in [0.717, 1.165) is 0 Å². The van der Waals surface area contributed by atoms with Crippen molar-refractivity contribution in [2.75, 3.05) is 4.90 Å². The normalized spacial score (nSPS) is 11.4. The van der Waals surface area contributed by atoms with Gasteiger partial charge in [0.15, 0.2) is 0 Å². The summed E-state index contributed by atoms with van der Waals surface area (Å²) in [5, 5.41) is 9.70. The number of rotatable bonds is 1. The van der Waals surface area contributed by atoms with E-state index in [1.165, 1.54) is 16.2 Å². The second-order valence-electron chi connectivity index (χ2n) is 3.74. The molecule has 1 aromatic rings. The number of anilines is 1. The van der Waals surface area contributed by atoms with Gasteiger partial charge in [0.1, 0.15) is 9.60 Å². The molecule has 14 heavy (non-hydrogen) atoms. The number of hydrogen-bond acceptors (Lipinski definition) is 3. The monoisotopic (exact) mass is 278 g/mol. The number of aromatic nitrogens is 1. The van der Waals surface area contributed by atoms with Crippen LogP contribution >= 0.6 is 27.3 Å². The number of nitrogens with zero attached hydrogens (tertiary/aromatic N) is 2. The second-order valence-corrected chi connectivity index (χ2v) is 5.32. The molecule has 6 heteroatoms. The van der Waals surface area contributed by atoms with Crippen LogP contribution in [0.1, 0.15) is 20.8 Å². The molecule has 0 radical (unpaired) electrons. The lowest BCUT2D eigenvalue weighted by Crippen LogP contribution is -2.44. The van der Waals surface area contributed by atoms with Crippen LogP contribution in [0.5, 0.6) is 0 Å². The van der Waals surface area contributed by atoms with E-state index in [1.807, 2.05) is 20.8 Å². The van der Waals surface area contributed by atoms with E-state index in [-0.39, 0.29) is 0 Å². The average molecular weight is 279 g/mol. The molecule has 4 nitrogen and oxygen atoms in total. The highest BCUT2D eigenvalue weighted by atomic mass is 79.9. The van der Waals surface area contributed by atoms with E-state index < -0.39 is 11.6 Å². The third kappa shape index (κ3) is 2.24. The molecule has 0 spiro atoms. The molecule has 1 N–H and O–H groups in total. The van der Waals surface area contributed by atoms with E-state index in [2.05, 4.69) is 20.9 Å². The maximum atomic E-state index is 11.1.